The van der Waals surface area contributed by atoms with Crippen LogP contribution in [0.25, 0.3) is 11.0 Å². The van der Waals surface area contributed by atoms with Crippen molar-refractivity contribution in [3.8, 4) is 0 Å². The third-order valence-corrected chi connectivity index (χ3v) is 3.65. The molecular weight excluding hydrogens is 252 g/mol. The summed E-state index contributed by atoms with van der Waals surface area (Å²) in [4.78, 5) is 2.21. The number of para-hydroxylation sites is 1. The molecule has 1 aliphatic rings. The van der Waals surface area contributed by atoms with Gasteiger partial charge < -0.3 is 14.2 Å². The minimum atomic E-state index is 0.0540. The zero-order valence-electron chi connectivity index (χ0n) is 10.2. The van der Waals surface area contributed by atoms with Crippen LogP contribution in [-0.2, 0) is 4.74 Å². The number of nitrogens with zero attached hydrogens (tertiary/aromatic N) is 2. The second kappa shape index (κ2) is 4.78. The van der Waals surface area contributed by atoms with Gasteiger partial charge >= 0.3 is 0 Å². The van der Waals surface area contributed by atoms with Crippen molar-refractivity contribution in [3.05, 3.63) is 24.3 Å². The summed E-state index contributed by atoms with van der Waals surface area (Å²) in [6.45, 7) is 3.54. The van der Waals surface area contributed by atoms with E-state index in [9.17, 15) is 0 Å². The van der Waals surface area contributed by atoms with Crippen LogP contribution in [0, 0.1) is 0 Å². The standard InChI is InChI=1S/C13H15ClN2O2/c1-9-8-17-10(6-14)7-16(9)13-11-4-2-3-5-12(11)18-15-13/h2-5,9-10H,6-8H2,1H3. The highest BCUT2D eigenvalue weighted by molar-refractivity contribution is 6.18. The van der Waals surface area contributed by atoms with Gasteiger partial charge in [0.15, 0.2) is 11.4 Å². The van der Waals surface area contributed by atoms with Crippen LogP contribution < -0.4 is 4.90 Å². The monoisotopic (exact) mass is 266 g/mol. The summed E-state index contributed by atoms with van der Waals surface area (Å²) in [6, 6.07) is 8.17. The summed E-state index contributed by atoms with van der Waals surface area (Å²) in [7, 11) is 0. The Morgan fingerprint density at radius 3 is 3.11 bits per heavy atom. The molecule has 1 saturated heterocycles. The minimum absolute atomic E-state index is 0.0540. The lowest BCUT2D eigenvalue weighted by molar-refractivity contribution is 0.0360. The van der Waals surface area contributed by atoms with Gasteiger partial charge in [-0.25, -0.2) is 0 Å². The van der Waals surface area contributed by atoms with Gasteiger partial charge in [-0.2, -0.15) is 0 Å². The van der Waals surface area contributed by atoms with Crippen molar-refractivity contribution in [1.29, 1.82) is 0 Å². The molecule has 1 aromatic heterocycles. The Balaban J connectivity index is 1.97. The predicted molar refractivity (Wildman–Crippen MR) is 71.3 cm³/mol. The van der Waals surface area contributed by atoms with Crippen molar-refractivity contribution in [2.45, 2.75) is 19.1 Å². The molecule has 0 bridgehead atoms. The first kappa shape index (κ1) is 11.8. The second-order valence-electron chi connectivity index (χ2n) is 4.61. The van der Waals surface area contributed by atoms with Gasteiger partial charge in [0.05, 0.1) is 30.0 Å². The highest BCUT2D eigenvalue weighted by Gasteiger charge is 2.28. The summed E-state index contributed by atoms with van der Waals surface area (Å²) in [5.74, 6) is 1.38. The zero-order chi connectivity index (χ0) is 12.5. The number of hydrogen-bond acceptors (Lipinski definition) is 4. The van der Waals surface area contributed by atoms with Crippen molar-refractivity contribution in [1.82, 2.24) is 5.16 Å². The van der Waals surface area contributed by atoms with Crippen molar-refractivity contribution >= 4 is 28.4 Å². The lowest BCUT2D eigenvalue weighted by Crippen LogP contribution is -2.49. The highest BCUT2D eigenvalue weighted by Crippen LogP contribution is 2.29. The van der Waals surface area contributed by atoms with Crippen LogP contribution >= 0.6 is 11.6 Å². The minimum Gasteiger partial charge on any atom is -0.373 e. The van der Waals surface area contributed by atoms with Crippen LogP contribution in [-0.4, -0.2) is 36.3 Å². The summed E-state index contributed by atoms with van der Waals surface area (Å²) >= 11 is 5.88. The molecule has 1 fully saturated rings. The molecule has 0 spiro atoms. The lowest BCUT2D eigenvalue weighted by atomic mass is 10.1. The Labute approximate surface area is 110 Å². The Kier molecular flexibility index (Phi) is 3.14. The van der Waals surface area contributed by atoms with Gasteiger partial charge in [-0.05, 0) is 19.1 Å². The fourth-order valence-corrected chi connectivity index (χ4v) is 2.47. The Morgan fingerprint density at radius 1 is 1.44 bits per heavy atom. The average Bonchev–Trinajstić information content (AvgIpc) is 2.83. The molecule has 4 nitrogen and oxygen atoms in total. The van der Waals surface area contributed by atoms with E-state index < -0.39 is 0 Å². The van der Waals surface area contributed by atoms with E-state index in [0.29, 0.717) is 12.5 Å². The molecule has 2 unspecified atom stereocenters. The predicted octanol–water partition coefficient (Wildman–Crippen LogP) is 2.66. The fourth-order valence-electron chi connectivity index (χ4n) is 2.29. The van der Waals surface area contributed by atoms with Crippen molar-refractivity contribution in [2.24, 2.45) is 0 Å². The lowest BCUT2D eigenvalue weighted by Gasteiger charge is -2.37. The summed E-state index contributed by atoms with van der Waals surface area (Å²) < 4.78 is 11.0. The molecule has 96 valence electrons. The van der Waals surface area contributed by atoms with Crippen LogP contribution in [0.1, 0.15) is 6.92 Å². The normalized spacial score (nSPS) is 24.7. The van der Waals surface area contributed by atoms with Gasteiger partial charge in [-0.15, -0.1) is 11.6 Å². The molecule has 3 rings (SSSR count). The quantitative estimate of drug-likeness (QED) is 0.784. The Bertz CT molecular complexity index is 543. The molecule has 2 atom stereocenters. The number of benzene rings is 1. The maximum absolute atomic E-state index is 5.88. The topological polar surface area (TPSA) is 38.5 Å². The molecular formula is C13H15ClN2O2. The third-order valence-electron chi connectivity index (χ3n) is 3.31. The smallest absolute Gasteiger partial charge is 0.180 e. The first-order valence-electron chi connectivity index (χ1n) is 6.08. The Hall–Kier alpha value is -1.26. The summed E-state index contributed by atoms with van der Waals surface area (Å²) in [5.41, 5.74) is 0.814. The van der Waals surface area contributed by atoms with Crippen molar-refractivity contribution < 1.29 is 9.26 Å². The molecule has 0 radical (unpaired) electrons. The van der Waals surface area contributed by atoms with Gasteiger partial charge in [-0.3, -0.25) is 0 Å². The van der Waals surface area contributed by atoms with Gasteiger partial charge in [0, 0.05) is 6.54 Å². The van der Waals surface area contributed by atoms with Gasteiger partial charge in [-0.1, -0.05) is 17.3 Å². The van der Waals surface area contributed by atoms with Crippen LogP contribution in [0.15, 0.2) is 28.8 Å². The van der Waals surface area contributed by atoms with E-state index in [1.807, 2.05) is 24.3 Å². The molecule has 5 heteroatoms. The zero-order valence-corrected chi connectivity index (χ0v) is 10.9. The molecule has 1 aliphatic heterocycles. The number of halogens is 1. The molecule has 0 N–H and O–H groups in total. The van der Waals surface area contributed by atoms with E-state index in [1.165, 1.54) is 0 Å². The average molecular weight is 267 g/mol. The maximum atomic E-state index is 5.88. The summed E-state index contributed by atoms with van der Waals surface area (Å²) in [5, 5.41) is 5.23. The highest BCUT2D eigenvalue weighted by atomic mass is 35.5. The number of alkyl halides is 1. The SMILES string of the molecule is CC1COC(CCl)CN1c1noc2ccccc12. The number of fused-ring (bicyclic) bond motifs is 1. The first-order valence-corrected chi connectivity index (χ1v) is 6.61. The van der Waals surface area contributed by atoms with Crippen LogP contribution in [0.3, 0.4) is 0 Å². The third kappa shape index (κ3) is 1.95. The van der Waals surface area contributed by atoms with Crippen LogP contribution in [0.5, 0.6) is 0 Å². The summed E-state index contributed by atoms with van der Waals surface area (Å²) in [6.07, 6.45) is 0.0540. The fraction of sp³-hybridized carbons (Fsp3) is 0.462. The molecule has 0 aliphatic carbocycles. The van der Waals surface area contributed by atoms with Crippen molar-refractivity contribution in [3.63, 3.8) is 0 Å². The van der Waals surface area contributed by atoms with E-state index in [2.05, 4.69) is 17.0 Å². The molecule has 1 aromatic carbocycles. The number of morpholine rings is 1. The van der Waals surface area contributed by atoms with Gasteiger partial charge in [0.25, 0.3) is 0 Å². The number of rotatable bonds is 2. The second-order valence-corrected chi connectivity index (χ2v) is 4.92. The van der Waals surface area contributed by atoms with E-state index in [-0.39, 0.29) is 12.1 Å². The van der Waals surface area contributed by atoms with E-state index in [0.717, 1.165) is 23.3 Å². The number of aromatic nitrogens is 1. The number of hydrogen-bond donors (Lipinski definition) is 0. The molecule has 18 heavy (non-hydrogen) atoms. The maximum Gasteiger partial charge on any atom is 0.180 e. The number of ether oxygens (including phenoxy) is 1. The number of anilines is 1. The molecule has 0 amide bonds. The van der Waals surface area contributed by atoms with Gasteiger partial charge in [0.1, 0.15) is 0 Å². The molecule has 0 saturated carbocycles. The van der Waals surface area contributed by atoms with E-state index in [1.54, 1.807) is 0 Å². The molecule has 2 heterocycles. The van der Waals surface area contributed by atoms with Crippen LogP contribution in [0.4, 0.5) is 5.82 Å². The first-order chi connectivity index (χ1) is 8.79. The molecule has 2 aromatic rings. The van der Waals surface area contributed by atoms with Gasteiger partial charge in [0.2, 0.25) is 0 Å². The van der Waals surface area contributed by atoms with E-state index in [4.69, 9.17) is 20.9 Å². The van der Waals surface area contributed by atoms with Crippen LogP contribution in [0.2, 0.25) is 0 Å². The van der Waals surface area contributed by atoms with E-state index >= 15 is 0 Å². The largest absolute Gasteiger partial charge is 0.373 e. The Morgan fingerprint density at radius 2 is 2.28 bits per heavy atom. The van der Waals surface area contributed by atoms with Crippen molar-refractivity contribution in [2.75, 3.05) is 23.9 Å².